The van der Waals surface area contributed by atoms with Crippen molar-refractivity contribution in [1.29, 1.82) is 0 Å². The first-order chi connectivity index (χ1) is 9.20. The van der Waals surface area contributed by atoms with Crippen molar-refractivity contribution < 1.29 is 9.94 Å². The van der Waals surface area contributed by atoms with E-state index in [0.717, 1.165) is 24.0 Å². The Morgan fingerprint density at radius 1 is 1.11 bits per heavy atom. The fraction of sp³-hybridized carbons (Fsp3) is 0.0714. The lowest BCUT2D eigenvalue weighted by Crippen LogP contribution is -2.00. The van der Waals surface area contributed by atoms with E-state index >= 15 is 0 Å². The third-order valence-electron chi connectivity index (χ3n) is 2.45. The summed E-state index contributed by atoms with van der Waals surface area (Å²) in [7, 11) is 0. The highest BCUT2D eigenvalue weighted by Crippen LogP contribution is 2.29. The maximum absolute atomic E-state index is 8.56. The first kappa shape index (κ1) is 14.6. The van der Waals surface area contributed by atoms with E-state index in [1.54, 1.807) is 0 Å². The predicted octanol–water partition coefficient (Wildman–Crippen LogP) is 4.28. The molecule has 0 saturated heterocycles. The van der Waals surface area contributed by atoms with Crippen LogP contribution < -0.4 is 4.74 Å². The predicted molar refractivity (Wildman–Crippen MR) is 92.0 cm³/mol. The molecule has 19 heavy (non-hydrogen) atoms. The highest BCUT2D eigenvalue weighted by atomic mass is 127. The number of rotatable bonds is 4. The van der Waals surface area contributed by atoms with Gasteiger partial charge in [0, 0.05) is 0 Å². The second kappa shape index (κ2) is 7.09. The largest absolute Gasteiger partial charge is 0.487 e. The molecule has 0 aliphatic rings. The second-order valence-corrected chi connectivity index (χ2v) is 6.16. The van der Waals surface area contributed by atoms with Gasteiger partial charge in [-0.05, 0) is 68.4 Å². The zero-order chi connectivity index (χ0) is 13.7. The van der Waals surface area contributed by atoms with Gasteiger partial charge in [0.1, 0.15) is 12.4 Å². The minimum absolute atomic E-state index is 0.542. The van der Waals surface area contributed by atoms with Gasteiger partial charge in [-0.2, -0.15) is 0 Å². The van der Waals surface area contributed by atoms with Crippen molar-refractivity contribution in [3.8, 4) is 5.75 Å². The minimum atomic E-state index is 0.542. The van der Waals surface area contributed by atoms with Crippen LogP contribution in [0.3, 0.4) is 0 Å². The third-order valence-corrected chi connectivity index (χ3v) is 4.06. The van der Waals surface area contributed by atoms with Crippen LogP contribution in [0.4, 0.5) is 0 Å². The molecule has 2 aromatic rings. The summed E-state index contributed by atoms with van der Waals surface area (Å²) in [5, 5.41) is 11.6. The monoisotopic (exact) mass is 479 g/mol. The van der Waals surface area contributed by atoms with Crippen LogP contribution in [0.15, 0.2) is 47.6 Å². The first-order valence-corrected chi connectivity index (χ1v) is 7.69. The maximum Gasteiger partial charge on any atom is 0.146 e. The average molecular weight is 479 g/mol. The Bertz CT molecular complexity index is 562. The Balaban J connectivity index is 2.17. The van der Waals surface area contributed by atoms with Crippen molar-refractivity contribution in [2.45, 2.75) is 6.61 Å². The van der Waals surface area contributed by atoms with Crippen LogP contribution in [0.5, 0.6) is 5.75 Å². The molecule has 0 heterocycles. The van der Waals surface area contributed by atoms with E-state index in [9.17, 15) is 0 Å². The minimum Gasteiger partial charge on any atom is -0.487 e. The summed E-state index contributed by atoms with van der Waals surface area (Å²) in [5.41, 5.74) is 1.98. The Hall–Kier alpha value is -0.830. The van der Waals surface area contributed by atoms with Crippen molar-refractivity contribution >= 4 is 51.4 Å². The maximum atomic E-state index is 8.56. The summed E-state index contributed by atoms with van der Waals surface area (Å²) in [6.45, 7) is 0.542. The molecule has 0 atom stereocenters. The number of hydrogen-bond donors (Lipinski definition) is 1. The molecule has 1 N–H and O–H groups in total. The zero-order valence-corrected chi connectivity index (χ0v) is 14.2. The van der Waals surface area contributed by atoms with Gasteiger partial charge in [-0.1, -0.05) is 35.5 Å². The van der Waals surface area contributed by atoms with E-state index < -0.39 is 0 Å². The molecule has 0 unspecified atom stereocenters. The lowest BCUT2D eigenvalue weighted by atomic mass is 10.2. The molecule has 0 amide bonds. The van der Waals surface area contributed by atoms with E-state index in [4.69, 9.17) is 9.94 Å². The standard InChI is InChI=1S/C14H11I2NO2/c15-12-6-11(8-17-18)7-13(16)14(12)19-9-10-4-2-1-3-5-10/h1-8,18H,9H2/b17-8-. The molecular weight excluding hydrogens is 468 g/mol. The van der Waals surface area contributed by atoms with Gasteiger partial charge in [-0.3, -0.25) is 0 Å². The van der Waals surface area contributed by atoms with Gasteiger partial charge in [0.25, 0.3) is 0 Å². The summed E-state index contributed by atoms with van der Waals surface area (Å²) < 4.78 is 7.86. The van der Waals surface area contributed by atoms with Gasteiger partial charge >= 0.3 is 0 Å². The number of hydrogen-bond acceptors (Lipinski definition) is 3. The number of nitrogens with zero attached hydrogens (tertiary/aromatic N) is 1. The van der Waals surface area contributed by atoms with E-state index in [2.05, 4.69) is 50.3 Å². The molecule has 0 saturated carbocycles. The van der Waals surface area contributed by atoms with Crippen molar-refractivity contribution in [2.75, 3.05) is 0 Å². The molecule has 0 aliphatic heterocycles. The normalized spacial score (nSPS) is 10.8. The van der Waals surface area contributed by atoms with Gasteiger partial charge in [0.05, 0.1) is 13.4 Å². The SMILES string of the molecule is O/N=C\c1cc(I)c(OCc2ccccc2)c(I)c1. The highest BCUT2D eigenvalue weighted by molar-refractivity contribution is 14.1. The Labute approximate surface area is 138 Å². The van der Waals surface area contributed by atoms with Gasteiger partial charge in [-0.25, -0.2) is 0 Å². The van der Waals surface area contributed by atoms with E-state index in [1.807, 2.05) is 42.5 Å². The molecule has 5 heteroatoms. The van der Waals surface area contributed by atoms with Gasteiger partial charge in [0.15, 0.2) is 0 Å². The Morgan fingerprint density at radius 3 is 2.32 bits per heavy atom. The summed E-state index contributed by atoms with van der Waals surface area (Å²) in [6.07, 6.45) is 1.41. The quantitative estimate of drug-likeness (QED) is 0.308. The van der Waals surface area contributed by atoms with Crippen LogP contribution in [0, 0.1) is 7.14 Å². The van der Waals surface area contributed by atoms with E-state index in [1.165, 1.54) is 6.21 Å². The fourth-order valence-electron chi connectivity index (χ4n) is 1.59. The van der Waals surface area contributed by atoms with Gasteiger partial charge in [-0.15, -0.1) is 0 Å². The first-order valence-electron chi connectivity index (χ1n) is 5.54. The summed E-state index contributed by atoms with van der Waals surface area (Å²) in [5.74, 6) is 0.861. The lowest BCUT2D eigenvalue weighted by molar-refractivity contribution is 0.301. The summed E-state index contributed by atoms with van der Waals surface area (Å²) in [6, 6.07) is 13.9. The molecule has 0 fully saturated rings. The second-order valence-electron chi connectivity index (χ2n) is 3.83. The summed E-state index contributed by atoms with van der Waals surface area (Å²) >= 11 is 4.44. The van der Waals surface area contributed by atoms with Crippen molar-refractivity contribution in [3.05, 3.63) is 60.7 Å². The van der Waals surface area contributed by atoms with Gasteiger partial charge in [0.2, 0.25) is 0 Å². The number of oxime groups is 1. The summed E-state index contributed by atoms with van der Waals surface area (Å²) in [4.78, 5) is 0. The number of ether oxygens (including phenoxy) is 1. The van der Waals surface area contributed by atoms with Crippen LogP contribution in [0.1, 0.15) is 11.1 Å². The van der Waals surface area contributed by atoms with Crippen LogP contribution in [-0.2, 0) is 6.61 Å². The van der Waals surface area contributed by atoms with E-state index in [0.29, 0.717) is 6.61 Å². The van der Waals surface area contributed by atoms with Gasteiger partial charge < -0.3 is 9.94 Å². The molecule has 2 rings (SSSR count). The molecule has 3 nitrogen and oxygen atoms in total. The molecule has 0 aromatic heterocycles. The third kappa shape index (κ3) is 4.07. The van der Waals surface area contributed by atoms with E-state index in [-0.39, 0.29) is 0 Å². The zero-order valence-electron chi connectivity index (χ0n) is 9.88. The Morgan fingerprint density at radius 2 is 1.74 bits per heavy atom. The lowest BCUT2D eigenvalue weighted by Gasteiger charge is -2.11. The fourth-order valence-corrected chi connectivity index (χ4v) is 3.72. The van der Waals surface area contributed by atoms with Crippen molar-refractivity contribution in [1.82, 2.24) is 0 Å². The van der Waals surface area contributed by atoms with Crippen molar-refractivity contribution in [2.24, 2.45) is 5.16 Å². The highest BCUT2D eigenvalue weighted by Gasteiger charge is 2.08. The van der Waals surface area contributed by atoms with Crippen LogP contribution in [0.25, 0.3) is 0 Å². The molecule has 0 aliphatic carbocycles. The Kier molecular flexibility index (Phi) is 5.44. The van der Waals surface area contributed by atoms with Crippen LogP contribution >= 0.6 is 45.2 Å². The van der Waals surface area contributed by atoms with Crippen molar-refractivity contribution in [3.63, 3.8) is 0 Å². The van der Waals surface area contributed by atoms with Crippen LogP contribution in [0.2, 0.25) is 0 Å². The molecular formula is C14H11I2NO2. The molecule has 0 bridgehead atoms. The topological polar surface area (TPSA) is 41.8 Å². The smallest absolute Gasteiger partial charge is 0.146 e. The molecule has 2 aromatic carbocycles. The number of benzene rings is 2. The number of halogens is 2. The molecule has 0 radical (unpaired) electrons. The molecule has 98 valence electrons. The van der Waals surface area contributed by atoms with Crippen LogP contribution in [-0.4, -0.2) is 11.4 Å². The average Bonchev–Trinajstić information content (AvgIpc) is 2.39. The molecule has 0 spiro atoms.